The van der Waals surface area contributed by atoms with E-state index in [4.69, 9.17) is 4.74 Å². The van der Waals surface area contributed by atoms with Crippen molar-refractivity contribution in [3.63, 3.8) is 0 Å². The molecule has 1 aromatic carbocycles. The summed E-state index contributed by atoms with van der Waals surface area (Å²) in [5.74, 6) is -2.19. The van der Waals surface area contributed by atoms with Gasteiger partial charge in [-0.1, -0.05) is 0 Å². The van der Waals surface area contributed by atoms with Gasteiger partial charge in [-0.05, 0) is 37.3 Å². The Labute approximate surface area is 136 Å². The van der Waals surface area contributed by atoms with Gasteiger partial charge in [-0.15, -0.1) is 0 Å². The van der Waals surface area contributed by atoms with Crippen molar-refractivity contribution in [3.8, 4) is 16.9 Å². The van der Waals surface area contributed by atoms with Crippen molar-refractivity contribution < 1.29 is 18.3 Å². The van der Waals surface area contributed by atoms with Crippen LogP contribution in [0.25, 0.3) is 16.9 Å². The Morgan fingerprint density at radius 2 is 1.92 bits per heavy atom. The molecule has 2 aromatic heterocycles. The normalized spacial score (nSPS) is 10.6. The van der Waals surface area contributed by atoms with E-state index in [9.17, 15) is 13.6 Å². The van der Waals surface area contributed by atoms with E-state index in [-0.39, 0.29) is 18.0 Å². The number of nitrogens with zero attached hydrogens (tertiary/aromatic N) is 3. The van der Waals surface area contributed by atoms with Crippen molar-refractivity contribution in [2.75, 3.05) is 6.61 Å². The SMILES string of the molecule is CCOC(=O)c1cc(-c2ccncc2)nn1-c1ccc(F)cc1F. The Morgan fingerprint density at radius 3 is 2.58 bits per heavy atom. The van der Waals surface area contributed by atoms with Crippen molar-refractivity contribution in [1.29, 1.82) is 0 Å². The summed E-state index contributed by atoms with van der Waals surface area (Å²) < 4.78 is 33.4. The van der Waals surface area contributed by atoms with E-state index < -0.39 is 17.6 Å². The molecule has 0 aliphatic heterocycles. The van der Waals surface area contributed by atoms with E-state index in [1.54, 1.807) is 31.5 Å². The number of rotatable bonds is 4. The molecule has 122 valence electrons. The van der Waals surface area contributed by atoms with Crippen LogP contribution in [0.1, 0.15) is 17.4 Å². The van der Waals surface area contributed by atoms with E-state index in [2.05, 4.69) is 10.1 Å². The van der Waals surface area contributed by atoms with Gasteiger partial charge in [0.2, 0.25) is 0 Å². The number of carbonyl (C=O) groups is 1. The molecule has 0 saturated carbocycles. The number of pyridine rings is 1. The largest absolute Gasteiger partial charge is 0.461 e. The molecule has 0 aliphatic carbocycles. The average molecular weight is 329 g/mol. The van der Waals surface area contributed by atoms with Crippen LogP contribution in [0, 0.1) is 11.6 Å². The predicted octanol–water partition coefficient (Wildman–Crippen LogP) is 3.39. The lowest BCUT2D eigenvalue weighted by atomic mass is 10.2. The van der Waals surface area contributed by atoms with Crippen molar-refractivity contribution in [1.82, 2.24) is 14.8 Å². The molecule has 0 amide bonds. The molecule has 3 aromatic rings. The molecule has 7 heteroatoms. The van der Waals surface area contributed by atoms with Gasteiger partial charge in [0.05, 0.1) is 12.3 Å². The molecular formula is C17H13F2N3O2. The maximum absolute atomic E-state index is 14.1. The Bertz CT molecular complexity index is 879. The fraction of sp³-hybridized carbons (Fsp3) is 0.118. The number of benzene rings is 1. The van der Waals surface area contributed by atoms with Crippen molar-refractivity contribution in [2.24, 2.45) is 0 Å². The zero-order chi connectivity index (χ0) is 17.1. The summed E-state index contributed by atoms with van der Waals surface area (Å²) in [5, 5.41) is 4.27. The summed E-state index contributed by atoms with van der Waals surface area (Å²) in [7, 11) is 0. The Kier molecular flexibility index (Phi) is 4.33. The number of hydrogen-bond acceptors (Lipinski definition) is 4. The first-order valence-electron chi connectivity index (χ1n) is 7.23. The maximum Gasteiger partial charge on any atom is 0.357 e. The summed E-state index contributed by atoms with van der Waals surface area (Å²) in [4.78, 5) is 16.1. The van der Waals surface area contributed by atoms with E-state index in [1.165, 1.54) is 12.1 Å². The molecule has 5 nitrogen and oxygen atoms in total. The zero-order valence-corrected chi connectivity index (χ0v) is 12.7. The third kappa shape index (κ3) is 3.01. The van der Waals surface area contributed by atoms with Gasteiger partial charge in [0, 0.05) is 24.0 Å². The van der Waals surface area contributed by atoms with Crippen LogP contribution in [-0.2, 0) is 4.74 Å². The maximum atomic E-state index is 14.1. The third-order valence-electron chi connectivity index (χ3n) is 3.31. The number of hydrogen-bond donors (Lipinski definition) is 0. The highest BCUT2D eigenvalue weighted by Crippen LogP contribution is 2.23. The van der Waals surface area contributed by atoms with Gasteiger partial charge in [0.15, 0.2) is 11.5 Å². The fourth-order valence-electron chi connectivity index (χ4n) is 2.23. The minimum atomic E-state index is -0.829. The van der Waals surface area contributed by atoms with Gasteiger partial charge in [-0.2, -0.15) is 5.10 Å². The minimum absolute atomic E-state index is 0.0419. The van der Waals surface area contributed by atoms with Gasteiger partial charge in [-0.25, -0.2) is 18.3 Å². The first-order valence-corrected chi connectivity index (χ1v) is 7.23. The predicted molar refractivity (Wildman–Crippen MR) is 82.7 cm³/mol. The quantitative estimate of drug-likeness (QED) is 0.689. The van der Waals surface area contributed by atoms with Crippen molar-refractivity contribution in [2.45, 2.75) is 6.92 Å². The van der Waals surface area contributed by atoms with Crippen molar-refractivity contribution in [3.05, 3.63) is 66.1 Å². The highest BCUT2D eigenvalue weighted by molar-refractivity contribution is 5.89. The van der Waals surface area contributed by atoms with E-state index in [0.29, 0.717) is 11.3 Å². The molecule has 2 heterocycles. The molecule has 0 spiro atoms. The standard InChI is InChI=1S/C17H13F2N3O2/c1-2-24-17(23)16-10-14(11-5-7-20-8-6-11)21-22(16)15-4-3-12(18)9-13(15)19/h3-10H,2H2,1H3. The summed E-state index contributed by atoms with van der Waals surface area (Å²) in [6.45, 7) is 1.83. The highest BCUT2D eigenvalue weighted by atomic mass is 19.1. The lowest BCUT2D eigenvalue weighted by Gasteiger charge is -2.07. The molecule has 0 aliphatic rings. The minimum Gasteiger partial charge on any atom is -0.461 e. The van der Waals surface area contributed by atoms with Gasteiger partial charge in [0.25, 0.3) is 0 Å². The first kappa shape index (κ1) is 15.8. The molecule has 0 fully saturated rings. The van der Waals surface area contributed by atoms with Crippen LogP contribution >= 0.6 is 0 Å². The lowest BCUT2D eigenvalue weighted by Crippen LogP contribution is -2.13. The Balaban J connectivity index is 2.16. The van der Waals surface area contributed by atoms with Gasteiger partial charge in [-0.3, -0.25) is 4.98 Å². The number of aromatic nitrogens is 3. The molecule has 0 unspecified atom stereocenters. The van der Waals surface area contributed by atoms with E-state index in [0.717, 1.165) is 16.8 Å². The van der Waals surface area contributed by atoms with Gasteiger partial charge < -0.3 is 4.74 Å². The third-order valence-corrected chi connectivity index (χ3v) is 3.31. The molecular weight excluding hydrogens is 316 g/mol. The summed E-state index contributed by atoms with van der Waals surface area (Å²) in [5.41, 5.74) is 1.16. The smallest absolute Gasteiger partial charge is 0.357 e. The van der Waals surface area contributed by atoms with Crippen LogP contribution in [0.3, 0.4) is 0 Å². The van der Waals surface area contributed by atoms with Gasteiger partial charge in [0.1, 0.15) is 11.5 Å². The van der Waals surface area contributed by atoms with Crippen LogP contribution in [-0.4, -0.2) is 27.3 Å². The monoisotopic (exact) mass is 329 g/mol. The molecule has 0 saturated heterocycles. The van der Waals surface area contributed by atoms with Crippen LogP contribution < -0.4 is 0 Å². The highest BCUT2D eigenvalue weighted by Gasteiger charge is 2.20. The zero-order valence-electron chi connectivity index (χ0n) is 12.7. The fourth-order valence-corrected chi connectivity index (χ4v) is 2.23. The van der Waals surface area contributed by atoms with Crippen LogP contribution in [0.2, 0.25) is 0 Å². The molecule has 0 atom stereocenters. The summed E-state index contributed by atoms with van der Waals surface area (Å²) in [6.07, 6.45) is 3.16. The number of ether oxygens (including phenoxy) is 1. The number of esters is 1. The molecule has 0 radical (unpaired) electrons. The molecule has 0 bridgehead atoms. The summed E-state index contributed by atoms with van der Waals surface area (Å²) >= 11 is 0. The second-order valence-electron chi connectivity index (χ2n) is 4.88. The van der Waals surface area contributed by atoms with Crippen LogP contribution in [0.5, 0.6) is 0 Å². The number of carbonyl (C=O) groups excluding carboxylic acids is 1. The molecule has 0 N–H and O–H groups in total. The Morgan fingerprint density at radius 1 is 1.17 bits per heavy atom. The number of halogens is 2. The van der Waals surface area contributed by atoms with E-state index >= 15 is 0 Å². The van der Waals surface area contributed by atoms with Crippen molar-refractivity contribution >= 4 is 5.97 Å². The first-order chi connectivity index (χ1) is 11.6. The topological polar surface area (TPSA) is 57.0 Å². The lowest BCUT2D eigenvalue weighted by molar-refractivity contribution is 0.0515. The molecule has 3 rings (SSSR count). The van der Waals surface area contributed by atoms with E-state index in [1.807, 2.05) is 0 Å². The summed E-state index contributed by atoms with van der Waals surface area (Å²) in [6, 6.07) is 7.97. The van der Waals surface area contributed by atoms with Crippen LogP contribution in [0.4, 0.5) is 8.78 Å². The van der Waals surface area contributed by atoms with Crippen LogP contribution in [0.15, 0.2) is 48.8 Å². The average Bonchev–Trinajstić information content (AvgIpc) is 3.01. The second kappa shape index (κ2) is 6.57. The van der Waals surface area contributed by atoms with Gasteiger partial charge >= 0.3 is 5.97 Å². The molecule has 24 heavy (non-hydrogen) atoms. The Hall–Kier alpha value is -3.09. The second-order valence-corrected chi connectivity index (χ2v) is 4.88.